The van der Waals surface area contributed by atoms with E-state index in [2.05, 4.69) is 9.82 Å². The van der Waals surface area contributed by atoms with E-state index < -0.39 is 51.2 Å². The highest BCUT2D eigenvalue weighted by Crippen LogP contribution is 2.59. The Hall–Kier alpha value is -6.79. The molecule has 0 bridgehead atoms. The van der Waals surface area contributed by atoms with Crippen LogP contribution < -0.4 is 18.9 Å². The Kier molecular flexibility index (Phi) is 17.4. The van der Waals surface area contributed by atoms with E-state index in [9.17, 15) is 18.4 Å². The molecule has 3 aliphatic rings. The maximum Gasteiger partial charge on any atom is 0.514 e. The minimum atomic E-state index is -0.998. The first-order valence-corrected chi connectivity index (χ1v) is 24.1. The molecule has 1 atom stereocenters. The van der Waals surface area contributed by atoms with Crippen molar-refractivity contribution in [1.29, 1.82) is 0 Å². The van der Waals surface area contributed by atoms with Crippen LogP contribution in [0.2, 0.25) is 5.02 Å². The Morgan fingerprint density at radius 1 is 0.838 bits per heavy atom. The van der Waals surface area contributed by atoms with Gasteiger partial charge >= 0.3 is 12.2 Å². The molecule has 4 N–H and O–H groups in total. The molecule has 2 saturated carbocycles. The summed E-state index contributed by atoms with van der Waals surface area (Å²) in [5.41, 5.74) is 4.93. The number of benzene rings is 4. The Labute approximate surface area is 428 Å². The van der Waals surface area contributed by atoms with Crippen LogP contribution in [-0.4, -0.2) is 103 Å². The number of aromatic nitrogens is 1. The number of carbonyl (C=O) groups excluding carboxylic acids is 3. The van der Waals surface area contributed by atoms with E-state index >= 15 is 4.79 Å². The Balaban J connectivity index is 0.990. The van der Waals surface area contributed by atoms with Crippen molar-refractivity contribution in [2.45, 2.75) is 84.3 Å². The van der Waals surface area contributed by atoms with Crippen molar-refractivity contribution in [1.82, 2.24) is 25.6 Å². The van der Waals surface area contributed by atoms with E-state index in [-0.39, 0.29) is 81.1 Å². The van der Waals surface area contributed by atoms with Crippen LogP contribution in [0.4, 0.5) is 18.4 Å². The Morgan fingerprint density at radius 2 is 1.49 bits per heavy atom. The minimum Gasteiger partial charge on any atom is -0.489 e. The van der Waals surface area contributed by atoms with Crippen LogP contribution in [0.3, 0.4) is 0 Å². The monoisotopic (exact) mass is 1050 g/mol. The number of amides is 2. The van der Waals surface area contributed by atoms with E-state index in [4.69, 9.17) is 61.0 Å². The average Bonchev–Trinajstić information content (AvgIpc) is 4.34. The summed E-state index contributed by atoms with van der Waals surface area (Å²) >= 11 is 5.94. The van der Waals surface area contributed by atoms with E-state index in [0.717, 1.165) is 47.2 Å². The highest BCUT2D eigenvalue weighted by Gasteiger charge is 2.54. The normalized spacial score (nSPS) is 15.3. The quantitative estimate of drug-likeness (QED) is 0.0166. The fourth-order valence-corrected chi connectivity index (χ4v) is 8.89. The highest BCUT2D eigenvalue weighted by molar-refractivity contribution is 6.32. The smallest absolute Gasteiger partial charge is 0.489 e. The molecular formula is C52H54ClF2N5O14. The van der Waals surface area contributed by atoms with Crippen molar-refractivity contribution in [3.05, 3.63) is 153 Å². The topological polar surface area (TPSA) is 223 Å². The highest BCUT2D eigenvalue weighted by atomic mass is 35.5. The molecule has 8 rings (SSSR count). The predicted octanol–water partition coefficient (Wildman–Crippen LogP) is 9.58. The third kappa shape index (κ3) is 13.9. The molecule has 2 fully saturated rings. The lowest BCUT2D eigenvalue weighted by Crippen LogP contribution is -2.47. The number of aryl methyl sites for hydroxylation is 1. The van der Waals surface area contributed by atoms with Crippen LogP contribution in [-0.2, 0) is 45.4 Å². The molecule has 1 unspecified atom stereocenters. The lowest BCUT2D eigenvalue weighted by molar-refractivity contribution is -0.497. The molecular weight excluding hydrogens is 992 g/mol. The first-order valence-electron chi connectivity index (χ1n) is 23.7. The zero-order valence-electron chi connectivity index (χ0n) is 40.3. The van der Waals surface area contributed by atoms with Gasteiger partial charge in [-0.25, -0.2) is 33.0 Å². The maximum atomic E-state index is 15.4. The second-order valence-electron chi connectivity index (χ2n) is 18.2. The van der Waals surface area contributed by atoms with Gasteiger partial charge < -0.3 is 33.5 Å². The van der Waals surface area contributed by atoms with E-state index in [1.807, 2.05) is 42.2 Å². The Morgan fingerprint density at radius 3 is 2.12 bits per heavy atom. The summed E-state index contributed by atoms with van der Waals surface area (Å²) in [5, 5.41) is 34.4. The number of halogens is 3. The molecule has 392 valence electrons. The summed E-state index contributed by atoms with van der Waals surface area (Å²) in [5.74, 6) is -1.52. The molecule has 0 saturated heterocycles. The first kappa shape index (κ1) is 53.5. The van der Waals surface area contributed by atoms with Gasteiger partial charge in [-0.3, -0.25) is 25.6 Å². The van der Waals surface area contributed by atoms with Gasteiger partial charge in [-0.15, -0.1) is 0 Å². The fourth-order valence-electron chi connectivity index (χ4n) is 8.69. The minimum absolute atomic E-state index is 0.0565. The zero-order valence-corrected chi connectivity index (χ0v) is 41.1. The van der Waals surface area contributed by atoms with Gasteiger partial charge in [0.25, 0.3) is 5.91 Å². The number of hydrogen-bond acceptors (Lipinski definition) is 17. The molecule has 22 heteroatoms. The molecule has 1 aromatic heterocycles. The molecule has 2 aliphatic carbocycles. The van der Waals surface area contributed by atoms with Crippen LogP contribution in [0.1, 0.15) is 72.4 Å². The SMILES string of the molecule is Cc1c(CN(C(=O)C2=C(c3ccc(CCCOc4c(F)ccc(F)c4Cl)cc3)C3(CC3)CN(C(=O)Oc3cccc(CON(O)O)c3)C2)C2CC2)ccnc1OCC(C)OC(=O)Oc1cccc(CON(O)O)c1. The Bertz CT molecular complexity index is 2850. The second kappa shape index (κ2) is 24.0. The largest absolute Gasteiger partial charge is 0.514 e. The van der Waals surface area contributed by atoms with Crippen molar-refractivity contribution in [2.75, 3.05) is 26.3 Å². The first-order chi connectivity index (χ1) is 35.5. The van der Waals surface area contributed by atoms with Crippen molar-refractivity contribution in [2.24, 2.45) is 5.41 Å². The number of carbonyl (C=O) groups is 3. The summed E-state index contributed by atoms with van der Waals surface area (Å²) in [6.07, 6.45) is 3.11. The molecule has 4 aromatic carbocycles. The van der Waals surface area contributed by atoms with Gasteiger partial charge in [0.05, 0.1) is 37.1 Å². The average molecular weight is 1050 g/mol. The second-order valence-corrected chi connectivity index (χ2v) is 18.6. The molecule has 74 heavy (non-hydrogen) atoms. The lowest BCUT2D eigenvalue weighted by Gasteiger charge is -2.38. The molecule has 1 aliphatic heterocycles. The zero-order chi connectivity index (χ0) is 52.5. The van der Waals surface area contributed by atoms with Crippen molar-refractivity contribution in [3.8, 4) is 23.1 Å². The molecule has 2 amide bonds. The van der Waals surface area contributed by atoms with Crippen LogP contribution in [0.15, 0.2) is 103 Å². The third-order valence-electron chi connectivity index (χ3n) is 12.7. The van der Waals surface area contributed by atoms with Gasteiger partial charge in [0.1, 0.15) is 35.0 Å². The predicted molar refractivity (Wildman–Crippen MR) is 256 cm³/mol. The number of nitrogens with zero attached hydrogens (tertiary/aromatic N) is 5. The molecule has 2 heterocycles. The summed E-state index contributed by atoms with van der Waals surface area (Å²) in [6, 6.07) is 24.1. The van der Waals surface area contributed by atoms with Gasteiger partial charge in [0.2, 0.25) is 5.88 Å². The van der Waals surface area contributed by atoms with Crippen molar-refractivity contribution in [3.63, 3.8) is 0 Å². The van der Waals surface area contributed by atoms with E-state index in [1.165, 1.54) is 18.2 Å². The van der Waals surface area contributed by atoms with Gasteiger partial charge in [-0.1, -0.05) is 60.1 Å². The van der Waals surface area contributed by atoms with E-state index in [0.29, 0.717) is 47.9 Å². The number of ether oxygens (including phenoxy) is 5. The number of hydrogen-bond donors (Lipinski definition) is 4. The molecule has 1 spiro atoms. The van der Waals surface area contributed by atoms with Gasteiger partial charge in [0.15, 0.2) is 11.6 Å². The number of rotatable bonds is 22. The molecule has 19 nitrogen and oxygen atoms in total. The fraction of sp³-hybridized carbons (Fsp3) is 0.346. The van der Waals surface area contributed by atoms with Gasteiger partial charge in [-0.05, 0) is 128 Å². The van der Waals surface area contributed by atoms with Crippen molar-refractivity contribution >= 4 is 35.3 Å². The van der Waals surface area contributed by atoms with Gasteiger partial charge in [0, 0.05) is 41.9 Å². The summed E-state index contributed by atoms with van der Waals surface area (Å²) in [7, 11) is 0. The lowest BCUT2D eigenvalue weighted by atomic mass is 9.81. The van der Waals surface area contributed by atoms with Crippen molar-refractivity contribution < 1.29 is 77.4 Å². The third-order valence-corrected chi connectivity index (χ3v) is 13.0. The van der Waals surface area contributed by atoms with Crippen LogP contribution in [0.25, 0.3) is 5.57 Å². The van der Waals surface area contributed by atoms with Crippen LogP contribution >= 0.6 is 11.6 Å². The maximum absolute atomic E-state index is 15.4. The molecule has 5 aromatic rings. The number of pyridine rings is 1. The molecule has 0 radical (unpaired) electrons. The standard InChI is InChI=1S/C52H54ClF2N5O14/c1-32(72-51(63)74-41-10-4-7-36(25-41)30-71-60(66)67)28-69-48-33(2)38(19-22-56-48)26-58(39-15-16-39)49(61)42-27-57(50(62)73-40-9-3-6-35(24-40)29-70-59(64)65)31-52(20-21-52)45(42)37-13-11-34(12-14-37)8-5-23-68-47-44(55)18-17-43(54)46(47)53/h3-4,6-7,9-14,17-19,22,24-25,32,39,64-67H,5,8,15-16,20-21,23,26-31H2,1-2H3. The summed E-state index contributed by atoms with van der Waals surface area (Å²) in [4.78, 5) is 59.2. The van der Waals surface area contributed by atoms with Crippen LogP contribution in [0.5, 0.6) is 23.1 Å². The van der Waals surface area contributed by atoms with Gasteiger partial charge in [-0.2, -0.15) is 0 Å². The van der Waals surface area contributed by atoms with E-state index in [1.54, 1.807) is 48.4 Å². The van der Waals surface area contributed by atoms with Crippen LogP contribution in [0, 0.1) is 24.0 Å². The summed E-state index contributed by atoms with van der Waals surface area (Å²) in [6.45, 7) is 3.45. The summed E-state index contributed by atoms with van der Waals surface area (Å²) < 4.78 is 56.4.